The molecule has 3 aromatic rings. The second kappa shape index (κ2) is 11.0. The molecule has 2 heterocycles. The van der Waals surface area contributed by atoms with E-state index < -0.39 is 0 Å². The van der Waals surface area contributed by atoms with Gasteiger partial charge in [0.05, 0.1) is 32.7 Å². The van der Waals surface area contributed by atoms with Crippen molar-refractivity contribution in [1.29, 1.82) is 0 Å². The summed E-state index contributed by atoms with van der Waals surface area (Å²) in [5.41, 5.74) is 9.53. The maximum Gasteiger partial charge on any atom is 0.255 e. The van der Waals surface area contributed by atoms with Gasteiger partial charge < -0.3 is 25.4 Å². The molecule has 1 saturated heterocycles. The molecule has 0 spiro atoms. The van der Waals surface area contributed by atoms with E-state index in [4.69, 9.17) is 15.2 Å². The number of nitrogens with zero attached hydrogens (tertiary/aromatic N) is 2. The summed E-state index contributed by atoms with van der Waals surface area (Å²) in [6, 6.07) is 15.7. The number of nitrogens with one attached hydrogen (secondary N) is 1. The molecule has 0 radical (unpaired) electrons. The minimum atomic E-state index is -0.350. The molecule has 0 aliphatic carbocycles. The SMILES string of the molecule is COc1ccc(CC(=O)N2CCCC2C(N)c2ccc(C(=O)Nc3ccncc3)cc2)c(OC)c1. The molecule has 1 aromatic heterocycles. The van der Waals surface area contributed by atoms with Gasteiger partial charge in [0.1, 0.15) is 11.5 Å². The minimum Gasteiger partial charge on any atom is -0.497 e. The first-order chi connectivity index (χ1) is 17.0. The number of hydrogen-bond acceptors (Lipinski definition) is 6. The average molecular weight is 475 g/mol. The minimum absolute atomic E-state index is 0.0137. The molecule has 2 unspecified atom stereocenters. The molecule has 1 aliphatic heterocycles. The number of carbonyl (C=O) groups is 2. The molecule has 2 atom stereocenters. The first-order valence-electron chi connectivity index (χ1n) is 11.6. The van der Waals surface area contributed by atoms with Gasteiger partial charge in [-0.3, -0.25) is 14.6 Å². The molecule has 4 rings (SSSR count). The Morgan fingerprint density at radius 2 is 1.83 bits per heavy atom. The predicted molar refractivity (Wildman–Crippen MR) is 134 cm³/mol. The van der Waals surface area contributed by atoms with Crippen molar-refractivity contribution >= 4 is 17.5 Å². The summed E-state index contributed by atoms with van der Waals surface area (Å²) in [5.74, 6) is 1.11. The number of pyridine rings is 1. The van der Waals surface area contributed by atoms with Crippen LogP contribution in [0.3, 0.4) is 0 Å². The monoisotopic (exact) mass is 474 g/mol. The lowest BCUT2D eigenvalue weighted by Gasteiger charge is -2.30. The summed E-state index contributed by atoms with van der Waals surface area (Å²) < 4.78 is 10.7. The maximum atomic E-state index is 13.2. The normalized spacial score (nSPS) is 16.0. The lowest BCUT2D eigenvalue weighted by molar-refractivity contribution is -0.131. The number of methoxy groups -OCH3 is 2. The van der Waals surface area contributed by atoms with Gasteiger partial charge in [-0.1, -0.05) is 18.2 Å². The van der Waals surface area contributed by atoms with E-state index in [9.17, 15) is 9.59 Å². The number of likely N-dealkylation sites (tertiary alicyclic amines) is 1. The summed E-state index contributed by atoms with van der Waals surface area (Å²) >= 11 is 0. The number of rotatable bonds is 8. The van der Waals surface area contributed by atoms with E-state index >= 15 is 0 Å². The molecule has 2 aromatic carbocycles. The predicted octanol–water partition coefficient (Wildman–Crippen LogP) is 3.58. The van der Waals surface area contributed by atoms with Crippen LogP contribution in [-0.4, -0.2) is 48.5 Å². The Labute approximate surface area is 205 Å². The second-order valence-corrected chi connectivity index (χ2v) is 8.49. The van der Waals surface area contributed by atoms with Gasteiger partial charge in [-0.25, -0.2) is 0 Å². The maximum absolute atomic E-state index is 13.2. The Morgan fingerprint density at radius 1 is 1.09 bits per heavy atom. The van der Waals surface area contributed by atoms with Gasteiger partial charge in [-0.2, -0.15) is 0 Å². The van der Waals surface area contributed by atoms with E-state index in [1.807, 2.05) is 29.2 Å². The van der Waals surface area contributed by atoms with Crippen molar-refractivity contribution in [1.82, 2.24) is 9.88 Å². The molecule has 2 amide bonds. The van der Waals surface area contributed by atoms with Crippen LogP contribution >= 0.6 is 0 Å². The molecule has 8 heteroatoms. The highest BCUT2D eigenvalue weighted by Crippen LogP contribution is 2.30. The fourth-order valence-corrected chi connectivity index (χ4v) is 4.46. The smallest absolute Gasteiger partial charge is 0.255 e. The van der Waals surface area contributed by atoms with Crippen molar-refractivity contribution in [2.24, 2.45) is 5.73 Å². The van der Waals surface area contributed by atoms with Crippen molar-refractivity contribution in [2.75, 3.05) is 26.1 Å². The third kappa shape index (κ3) is 5.60. The lowest BCUT2D eigenvalue weighted by atomic mass is 9.96. The highest BCUT2D eigenvalue weighted by molar-refractivity contribution is 6.04. The van der Waals surface area contributed by atoms with Crippen LogP contribution in [0.1, 0.15) is 40.4 Å². The lowest BCUT2D eigenvalue weighted by Crippen LogP contribution is -2.42. The van der Waals surface area contributed by atoms with Crippen LogP contribution in [0, 0.1) is 0 Å². The molecule has 35 heavy (non-hydrogen) atoms. The van der Waals surface area contributed by atoms with Crippen LogP contribution in [0.4, 0.5) is 5.69 Å². The Hall–Kier alpha value is -3.91. The standard InChI is InChI=1S/C27H30N4O4/c1-34-22-10-9-20(24(17-22)35-2)16-25(32)31-15-3-4-23(31)26(28)18-5-7-19(8-6-18)27(33)30-21-11-13-29-14-12-21/h5-14,17,23,26H,3-4,15-16,28H2,1-2H3,(H,29,30,33). The third-order valence-electron chi connectivity index (χ3n) is 6.37. The van der Waals surface area contributed by atoms with Crippen molar-refractivity contribution in [3.8, 4) is 11.5 Å². The Balaban J connectivity index is 1.43. The van der Waals surface area contributed by atoms with Gasteiger partial charge in [0.25, 0.3) is 5.91 Å². The van der Waals surface area contributed by atoms with Gasteiger partial charge in [0.15, 0.2) is 0 Å². The summed E-state index contributed by atoms with van der Waals surface area (Å²) in [5, 5.41) is 2.84. The fourth-order valence-electron chi connectivity index (χ4n) is 4.46. The molecule has 1 aliphatic rings. The Bertz CT molecular complexity index is 1170. The van der Waals surface area contributed by atoms with Crippen molar-refractivity contribution in [3.63, 3.8) is 0 Å². The number of hydrogen-bond donors (Lipinski definition) is 2. The number of benzene rings is 2. The quantitative estimate of drug-likeness (QED) is 0.517. The number of nitrogens with two attached hydrogens (primary N) is 1. The summed E-state index contributed by atoms with van der Waals surface area (Å²) in [7, 11) is 3.17. The van der Waals surface area contributed by atoms with Gasteiger partial charge in [0, 0.05) is 41.8 Å². The van der Waals surface area contributed by atoms with E-state index in [0.29, 0.717) is 29.3 Å². The second-order valence-electron chi connectivity index (χ2n) is 8.49. The van der Waals surface area contributed by atoms with Crippen LogP contribution in [0.2, 0.25) is 0 Å². The first-order valence-corrected chi connectivity index (χ1v) is 11.6. The number of carbonyl (C=O) groups excluding carboxylic acids is 2. The summed E-state index contributed by atoms with van der Waals surface area (Å²) in [6.45, 7) is 0.669. The van der Waals surface area contributed by atoms with Crippen LogP contribution in [0.25, 0.3) is 0 Å². The van der Waals surface area contributed by atoms with Crippen LogP contribution in [0.5, 0.6) is 11.5 Å². The van der Waals surface area contributed by atoms with E-state index in [1.54, 1.807) is 56.9 Å². The number of aromatic nitrogens is 1. The molecule has 1 fully saturated rings. The van der Waals surface area contributed by atoms with Gasteiger partial charge in [-0.15, -0.1) is 0 Å². The van der Waals surface area contributed by atoms with Crippen LogP contribution in [0.15, 0.2) is 67.0 Å². The van der Waals surface area contributed by atoms with Crippen molar-refractivity contribution in [2.45, 2.75) is 31.3 Å². The van der Waals surface area contributed by atoms with Gasteiger partial charge in [0.2, 0.25) is 5.91 Å². The average Bonchev–Trinajstić information content (AvgIpc) is 3.39. The van der Waals surface area contributed by atoms with E-state index in [1.165, 1.54) is 0 Å². The fraction of sp³-hybridized carbons (Fsp3) is 0.296. The number of ether oxygens (including phenoxy) is 2. The molecule has 182 valence electrons. The molecule has 0 saturated carbocycles. The first kappa shape index (κ1) is 24.2. The summed E-state index contributed by atoms with van der Waals surface area (Å²) in [4.78, 5) is 31.6. The van der Waals surface area contributed by atoms with Crippen molar-refractivity contribution in [3.05, 3.63) is 83.7 Å². The molecule has 8 nitrogen and oxygen atoms in total. The highest BCUT2D eigenvalue weighted by Gasteiger charge is 2.34. The summed E-state index contributed by atoms with van der Waals surface area (Å²) in [6.07, 6.45) is 5.20. The molecular formula is C27H30N4O4. The Kier molecular flexibility index (Phi) is 7.62. The Morgan fingerprint density at radius 3 is 2.51 bits per heavy atom. The molecule has 3 N–H and O–H groups in total. The molecule has 0 bridgehead atoms. The topological polar surface area (TPSA) is 107 Å². The van der Waals surface area contributed by atoms with Crippen molar-refractivity contribution < 1.29 is 19.1 Å². The number of anilines is 1. The molecular weight excluding hydrogens is 444 g/mol. The van der Waals surface area contributed by atoms with E-state index in [0.717, 1.165) is 24.0 Å². The van der Waals surface area contributed by atoms with Gasteiger partial charge >= 0.3 is 0 Å². The zero-order valence-electron chi connectivity index (χ0n) is 19.9. The zero-order valence-corrected chi connectivity index (χ0v) is 19.9. The highest BCUT2D eigenvalue weighted by atomic mass is 16.5. The van der Waals surface area contributed by atoms with Crippen LogP contribution < -0.4 is 20.5 Å². The van der Waals surface area contributed by atoms with E-state index in [-0.39, 0.29) is 30.3 Å². The van der Waals surface area contributed by atoms with Crippen LogP contribution in [-0.2, 0) is 11.2 Å². The van der Waals surface area contributed by atoms with E-state index in [2.05, 4.69) is 10.3 Å². The van der Waals surface area contributed by atoms with Gasteiger partial charge in [-0.05, 0) is 48.7 Å². The largest absolute Gasteiger partial charge is 0.497 e. The third-order valence-corrected chi connectivity index (χ3v) is 6.37. The zero-order chi connectivity index (χ0) is 24.8. The number of amides is 2.